The molecule has 1 unspecified atom stereocenters. The van der Waals surface area contributed by atoms with Crippen LogP contribution in [0.25, 0.3) is 11.2 Å². The van der Waals surface area contributed by atoms with Crippen molar-refractivity contribution >= 4 is 22.8 Å². The SMILES string of the molecule is COc1ncnc2c1nc(CCl)n2CC(C)C(C)C. The predicted octanol–water partition coefficient (Wildman–Crippen LogP) is 2.87. The first-order valence-corrected chi connectivity index (χ1v) is 6.92. The Morgan fingerprint density at radius 3 is 2.63 bits per heavy atom. The fourth-order valence-electron chi connectivity index (χ4n) is 1.90. The molecule has 0 aromatic carbocycles. The summed E-state index contributed by atoms with van der Waals surface area (Å²) in [7, 11) is 1.58. The zero-order chi connectivity index (χ0) is 14.0. The van der Waals surface area contributed by atoms with Crippen LogP contribution in [0.3, 0.4) is 0 Å². The second-order valence-corrected chi connectivity index (χ2v) is 5.32. The third-order valence-corrected chi connectivity index (χ3v) is 3.74. The van der Waals surface area contributed by atoms with Crippen molar-refractivity contribution < 1.29 is 4.74 Å². The molecule has 6 heteroatoms. The smallest absolute Gasteiger partial charge is 0.245 e. The maximum absolute atomic E-state index is 5.99. The van der Waals surface area contributed by atoms with Gasteiger partial charge in [-0.2, -0.15) is 4.98 Å². The Balaban J connectivity index is 2.52. The molecule has 0 bridgehead atoms. The summed E-state index contributed by atoms with van der Waals surface area (Å²) in [4.78, 5) is 12.9. The zero-order valence-electron chi connectivity index (χ0n) is 11.7. The molecule has 0 aliphatic heterocycles. The molecule has 19 heavy (non-hydrogen) atoms. The van der Waals surface area contributed by atoms with Crippen LogP contribution in [0.5, 0.6) is 5.88 Å². The monoisotopic (exact) mass is 282 g/mol. The molecule has 104 valence electrons. The highest BCUT2D eigenvalue weighted by atomic mass is 35.5. The van der Waals surface area contributed by atoms with E-state index in [0.717, 1.165) is 18.0 Å². The van der Waals surface area contributed by atoms with Gasteiger partial charge >= 0.3 is 0 Å². The summed E-state index contributed by atoms with van der Waals surface area (Å²) in [5.74, 6) is 2.75. The van der Waals surface area contributed by atoms with Crippen LogP contribution in [0.4, 0.5) is 0 Å². The molecule has 0 aliphatic carbocycles. The normalized spacial score (nSPS) is 13.2. The second kappa shape index (κ2) is 5.74. The van der Waals surface area contributed by atoms with E-state index in [1.165, 1.54) is 6.33 Å². The molecule has 0 fully saturated rings. The van der Waals surface area contributed by atoms with E-state index in [4.69, 9.17) is 16.3 Å². The minimum absolute atomic E-state index is 0.352. The standard InChI is InChI=1S/C13H19ClN4O/c1-8(2)9(3)6-18-10(5-14)17-11-12(18)15-7-16-13(11)19-4/h7-9H,5-6H2,1-4H3. The van der Waals surface area contributed by atoms with Gasteiger partial charge in [0.05, 0.1) is 13.0 Å². The maximum Gasteiger partial charge on any atom is 0.245 e. The number of halogens is 1. The number of methoxy groups -OCH3 is 1. The summed E-state index contributed by atoms with van der Waals surface area (Å²) >= 11 is 5.99. The van der Waals surface area contributed by atoms with Gasteiger partial charge in [-0.25, -0.2) is 9.97 Å². The molecule has 1 atom stereocenters. The maximum atomic E-state index is 5.99. The van der Waals surface area contributed by atoms with Gasteiger partial charge in [0.15, 0.2) is 11.2 Å². The van der Waals surface area contributed by atoms with E-state index in [9.17, 15) is 0 Å². The lowest BCUT2D eigenvalue weighted by molar-refractivity contribution is 0.364. The molecule has 0 amide bonds. The molecule has 0 spiro atoms. The van der Waals surface area contributed by atoms with Crippen molar-refractivity contribution in [1.29, 1.82) is 0 Å². The van der Waals surface area contributed by atoms with Gasteiger partial charge in [0.25, 0.3) is 0 Å². The molecule has 0 N–H and O–H groups in total. The molecule has 2 aromatic heterocycles. The van der Waals surface area contributed by atoms with E-state index in [1.807, 2.05) is 0 Å². The first-order valence-electron chi connectivity index (χ1n) is 6.38. The fraction of sp³-hybridized carbons (Fsp3) is 0.615. The highest BCUT2D eigenvalue weighted by Gasteiger charge is 2.18. The number of hydrogen-bond acceptors (Lipinski definition) is 4. The molecule has 0 radical (unpaired) electrons. The Hall–Kier alpha value is -1.36. The van der Waals surface area contributed by atoms with E-state index in [1.54, 1.807) is 7.11 Å². The van der Waals surface area contributed by atoms with Gasteiger partial charge in [-0.3, -0.25) is 0 Å². The van der Waals surface area contributed by atoms with Crippen LogP contribution in [0, 0.1) is 11.8 Å². The zero-order valence-corrected chi connectivity index (χ0v) is 12.5. The summed E-state index contributed by atoms with van der Waals surface area (Å²) in [6.07, 6.45) is 1.50. The van der Waals surface area contributed by atoms with Crippen LogP contribution in [0.1, 0.15) is 26.6 Å². The molecule has 2 heterocycles. The van der Waals surface area contributed by atoms with Crippen molar-refractivity contribution in [3.8, 4) is 5.88 Å². The van der Waals surface area contributed by atoms with Crippen molar-refractivity contribution in [1.82, 2.24) is 19.5 Å². The lowest BCUT2D eigenvalue weighted by atomic mass is 9.98. The summed E-state index contributed by atoms with van der Waals surface area (Å²) in [5.41, 5.74) is 1.46. The molecule has 0 saturated carbocycles. The Labute approximate surface area is 118 Å². The molecule has 2 aromatic rings. The molecule has 0 saturated heterocycles. The summed E-state index contributed by atoms with van der Waals surface area (Å²) < 4.78 is 7.29. The Morgan fingerprint density at radius 2 is 2.05 bits per heavy atom. The number of aromatic nitrogens is 4. The predicted molar refractivity (Wildman–Crippen MR) is 75.4 cm³/mol. The van der Waals surface area contributed by atoms with Gasteiger partial charge < -0.3 is 9.30 Å². The van der Waals surface area contributed by atoms with Gasteiger partial charge in [0, 0.05) is 6.54 Å². The van der Waals surface area contributed by atoms with E-state index in [2.05, 4.69) is 40.3 Å². The third-order valence-electron chi connectivity index (χ3n) is 3.50. The van der Waals surface area contributed by atoms with Gasteiger partial charge in [0.2, 0.25) is 5.88 Å². The molecular weight excluding hydrogens is 264 g/mol. The third kappa shape index (κ3) is 2.66. The molecular formula is C13H19ClN4O. The van der Waals surface area contributed by atoms with Crippen molar-refractivity contribution in [2.45, 2.75) is 33.2 Å². The van der Waals surface area contributed by atoms with Crippen LogP contribution in [-0.4, -0.2) is 26.6 Å². The van der Waals surface area contributed by atoms with E-state index < -0.39 is 0 Å². The van der Waals surface area contributed by atoms with Gasteiger partial charge in [-0.05, 0) is 11.8 Å². The van der Waals surface area contributed by atoms with Crippen molar-refractivity contribution in [2.24, 2.45) is 11.8 Å². The lowest BCUT2D eigenvalue weighted by Gasteiger charge is -2.17. The quantitative estimate of drug-likeness (QED) is 0.791. The molecule has 5 nitrogen and oxygen atoms in total. The minimum Gasteiger partial charge on any atom is -0.479 e. The number of hydrogen-bond donors (Lipinski definition) is 0. The van der Waals surface area contributed by atoms with E-state index >= 15 is 0 Å². The highest BCUT2D eigenvalue weighted by Crippen LogP contribution is 2.24. The number of nitrogens with zero attached hydrogens (tertiary/aromatic N) is 4. The first kappa shape index (κ1) is 14.1. The largest absolute Gasteiger partial charge is 0.479 e. The van der Waals surface area contributed by atoms with Gasteiger partial charge in [0.1, 0.15) is 12.2 Å². The fourth-order valence-corrected chi connectivity index (χ4v) is 2.11. The van der Waals surface area contributed by atoms with E-state index in [-0.39, 0.29) is 0 Å². The summed E-state index contributed by atoms with van der Waals surface area (Å²) in [5, 5.41) is 0. The molecule has 0 aliphatic rings. The van der Waals surface area contributed by atoms with Crippen LogP contribution >= 0.6 is 11.6 Å². The average Bonchev–Trinajstić information content (AvgIpc) is 2.76. The number of fused-ring (bicyclic) bond motifs is 1. The number of imidazole rings is 1. The van der Waals surface area contributed by atoms with Crippen LogP contribution in [-0.2, 0) is 12.4 Å². The lowest BCUT2D eigenvalue weighted by Crippen LogP contribution is -2.15. The van der Waals surface area contributed by atoms with Crippen molar-refractivity contribution in [3.05, 3.63) is 12.2 Å². The highest BCUT2D eigenvalue weighted by molar-refractivity contribution is 6.16. The summed E-state index contributed by atoms with van der Waals surface area (Å²) in [6, 6.07) is 0. The average molecular weight is 283 g/mol. The van der Waals surface area contributed by atoms with Crippen molar-refractivity contribution in [3.63, 3.8) is 0 Å². The van der Waals surface area contributed by atoms with Crippen LogP contribution in [0.2, 0.25) is 0 Å². The molecule has 2 rings (SSSR count). The second-order valence-electron chi connectivity index (χ2n) is 5.05. The minimum atomic E-state index is 0.352. The number of alkyl halides is 1. The first-order chi connectivity index (χ1) is 9.08. The topological polar surface area (TPSA) is 52.8 Å². The number of ether oxygens (including phenoxy) is 1. The van der Waals surface area contributed by atoms with Crippen LogP contribution < -0.4 is 4.74 Å². The summed E-state index contributed by atoms with van der Waals surface area (Å²) in [6.45, 7) is 7.47. The van der Waals surface area contributed by atoms with Crippen LogP contribution in [0.15, 0.2) is 6.33 Å². The van der Waals surface area contributed by atoms with Crippen molar-refractivity contribution in [2.75, 3.05) is 7.11 Å². The number of rotatable bonds is 5. The Kier molecular flexibility index (Phi) is 4.24. The van der Waals surface area contributed by atoms with Gasteiger partial charge in [-0.1, -0.05) is 20.8 Å². The Bertz CT molecular complexity index is 567. The Morgan fingerprint density at radius 1 is 1.32 bits per heavy atom. The van der Waals surface area contributed by atoms with Gasteiger partial charge in [-0.15, -0.1) is 11.6 Å². The van der Waals surface area contributed by atoms with E-state index in [0.29, 0.717) is 29.1 Å².